The van der Waals surface area contributed by atoms with Crippen LogP contribution < -0.4 is 10.7 Å². The number of rotatable bonds is 3. The van der Waals surface area contributed by atoms with Gasteiger partial charge in [0.25, 0.3) is 0 Å². The summed E-state index contributed by atoms with van der Waals surface area (Å²) in [4.78, 5) is 16.5. The molecule has 5 heteroatoms. The van der Waals surface area contributed by atoms with Crippen molar-refractivity contribution in [1.29, 1.82) is 0 Å². The maximum atomic E-state index is 12.1. The molecule has 2 heterocycles. The molecule has 1 N–H and O–H groups in total. The van der Waals surface area contributed by atoms with Crippen molar-refractivity contribution in [3.05, 3.63) is 32.3 Å². The molecule has 0 saturated heterocycles. The van der Waals surface area contributed by atoms with Gasteiger partial charge in [-0.1, -0.05) is 0 Å². The number of aromatic nitrogens is 2. The summed E-state index contributed by atoms with van der Waals surface area (Å²) in [6.07, 6.45) is 3.63. The molecule has 0 aliphatic carbocycles. The maximum Gasteiger partial charge on any atom is 0.204 e. The zero-order chi connectivity index (χ0) is 13.3. The monoisotopic (exact) mass is 357 g/mol. The lowest BCUT2D eigenvalue weighted by Crippen LogP contribution is -2.15. The third-order valence-corrected chi connectivity index (χ3v) is 3.43. The number of fused-ring (bicyclic) bond motifs is 1. The average Bonchev–Trinajstić information content (AvgIpc) is 2.33. The van der Waals surface area contributed by atoms with Crippen molar-refractivity contribution in [2.45, 2.75) is 33.4 Å². The SMILES string of the molecule is CCn1cc(I)c(=O)c2cc(NC(C)C)cnc21. The minimum Gasteiger partial charge on any atom is -0.382 e. The lowest BCUT2D eigenvalue weighted by molar-refractivity contribution is 0.773. The summed E-state index contributed by atoms with van der Waals surface area (Å²) in [7, 11) is 0. The molecule has 2 aromatic rings. The normalized spacial score (nSPS) is 11.2. The van der Waals surface area contributed by atoms with Crippen LogP contribution in [0.15, 0.2) is 23.3 Å². The van der Waals surface area contributed by atoms with Crippen LogP contribution in [-0.4, -0.2) is 15.6 Å². The molecule has 96 valence electrons. The average molecular weight is 357 g/mol. The van der Waals surface area contributed by atoms with Crippen molar-refractivity contribution in [2.75, 3.05) is 5.32 Å². The Morgan fingerprint density at radius 3 is 2.83 bits per heavy atom. The van der Waals surface area contributed by atoms with Crippen molar-refractivity contribution in [2.24, 2.45) is 0 Å². The lowest BCUT2D eigenvalue weighted by atomic mass is 10.2. The van der Waals surface area contributed by atoms with E-state index in [1.165, 1.54) is 0 Å². The first-order chi connectivity index (χ1) is 8.52. The van der Waals surface area contributed by atoms with E-state index in [1.807, 2.05) is 23.8 Å². The first-order valence-electron chi connectivity index (χ1n) is 5.98. The summed E-state index contributed by atoms with van der Waals surface area (Å²) in [5, 5.41) is 3.94. The smallest absolute Gasteiger partial charge is 0.204 e. The van der Waals surface area contributed by atoms with Gasteiger partial charge in [-0.3, -0.25) is 4.79 Å². The number of anilines is 1. The van der Waals surface area contributed by atoms with Crippen LogP contribution in [0.1, 0.15) is 20.8 Å². The van der Waals surface area contributed by atoms with Gasteiger partial charge in [-0.25, -0.2) is 4.98 Å². The van der Waals surface area contributed by atoms with E-state index in [9.17, 15) is 4.79 Å². The van der Waals surface area contributed by atoms with Crippen molar-refractivity contribution in [1.82, 2.24) is 9.55 Å². The maximum absolute atomic E-state index is 12.1. The van der Waals surface area contributed by atoms with E-state index >= 15 is 0 Å². The zero-order valence-corrected chi connectivity index (χ0v) is 12.9. The predicted molar refractivity (Wildman–Crippen MR) is 83.2 cm³/mol. The molecule has 2 rings (SSSR count). The largest absolute Gasteiger partial charge is 0.382 e. The van der Waals surface area contributed by atoms with E-state index in [1.54, 1.807) is 6.20 Å². The second kappa shape index (κ2) is 5.26. The van der Waals surface area contributed by atoms with Crippen LogP contribution in [0.2, 0.25) is 0 Å². The number of halogens is 1. The quantitative estimate of drug-likeness (QED) is 0.860. The lowest BCUT2D eigenvalue weighted by Gasteiger charge is -2.12. The summed E-state index contributed by atoms with van der Waals surface area (Å²) in [6, 6.07) is 2.21. The number of hydrogen-bond donors (Lipinski definition) is 1. The Balaban J connectivity index is 2.68. The molecule has 0 spiro atoms. The van der Waals surface area contributed by atoms with Crippen LogP contribution >= 0.6 is 22.6 Å². The Morgan fingerprint density at radius 1 is 1.50 bits per heavy atom. The molecule has 0 unspecified atom stereocenters. The van der Waals surface area contributed by atoms with Gasteiger partial charge in [-0.15, -0.1) is 0 Å². The van der Waals surface area contributed by atoms with Crippen molar-refractivity contribution in [3.8, 4) is 0 Å². The van der Waals surface area contributed by atoms with Crippen LogP contribution in [0, 0.1) is 3.57 Å². The second-order valence-electron chi connectivity index (χ2n) is 4.49. The van der Waals surface area contributed by atoms with Crippen LogP contribution in [0.25, 0.3) is 11.0 Å². The second-order valence-corrected chi connectivity index (χ2v) is 5.65. The molecule has 0 fully saturated rings. The van der Waals surface area contributed by atoms with E-state index in [2.05, 4.69) is 46.7 Å². The minimum absolute atomic E-state index is 0.0511. The number of nitrogens with one attached hydrogen (secondary N) is 1. The Labute approximate surface area is 120 Å². The van der Waals surface area contributed by atoms with Crippen LogP contribution in [-0.2, 0) is 6.54 Å². The molecule has 0 bridgehead atoms. The van der Waals surface area contributed by atoms with Crippen LogP contribution in [0.5, 0.6) is 0 Å². The fourth-order valence-corrected chi connectivity index (χ4v) is 2.52. The van der Waals surface area contributed by atoms with E-state index in [-0.39, 0.29) is 5.43 Å². The van der Waals surface area contributed by atoms with Gasteiger partial charge in [-0.2, -0.15) is 0 Å². The Bertz CT molecular complexity index is 634. The highest BCUT2D eigenvalue weighted by molar-refractivity contribution is 14.1. The first kappa shape index (κ1) is 13.3. The third kappa shape index (κ3) is 2.50. The van der Waals surface area contributed by atoms with Crippen LogP contribution in [0.3, 0.4) is 0 Å². The third-order valence-electron chi connectivity index (χ3n) is 2.67. The van der Waals surface area contributed by atoms with Gasteiger partial charge in [0.15, 0.2) is 0 Å². The van der Waals surface area contributed by atoms with Gasteiger partial charge >= 0.3 is 0 Å². The highest BCUT2D eigenvalue weighted by Crippen LogP contribution is 2.16. The highest BCUT2D eigenvalue weighted by atomic mass is 127. The predicted octanol–water partition coefficient (Wildman–Crippen LogP) is 2.84. The Kier molecular flexibility index (Phi) is 3.89. The zero-order valence-electron chi connectivity index (χ0n) is 10.7. The summed E-state index contributed by atoms with van der Waals surface area (Å²) in [6.45, 7) is 6.96. The molecule has 0 atom stereocenters. The molecule has 4 nitrogen and oxygen atoms in total. The summed E-state index contributed by atoms with van der Waals surface area (Å²) in [5.74, 6) is 0. The number of nitrogens with zero attached hydrogens (tertiary/aromatic N) is 2. The highest BCUT2D eigenvalue weighted by Gasteiger charge is 2.09. The molecule has 18 heavy (non-hydrogen) atoms. The standard InChI is InChI=1S/C13H16IN3O/c1-4-17-7-11(14)12(18)10-5-9(16-8(2)3)6-15-13(10)17/h5-8,16H,4H2,1-3H3. The Morgan fingerprint density at radius 2 is 2.22 bits per heavy atom. The van der Waals surface area contributed by atoms with E-state index in [0.717, 1.165) is 21.4 Å². The van der Waals surface area contributed by atoms with E-state index in [0.29, 0.717) is 11.4 Å². The van der Waals surface area contributed by atoms with E-state index in [4.69, 9.17) is 0 Å². The van der Waals surface area contributed by atoms with Gasteiger partial charge in [0.2, 0.25) is 5.43 Å². The number of pyridine rings is 2. The van der Waals surface area contributed by atoms with Gasteiger partial charge in [-0.05, 0) is 49.4 Å². The molecular formula is C13H16IN3O. The van der Waals surface area contributed by atoms with E-state index < -0.39 is 0 Å². The van der Waals surface area contributed by atoms with Crippen molar-refractivity contribution in [3.63, 3.8) is 0 Å². The van der Waals surface area contributed by atoms with Crippen LogP contribution in [0.4, 0.5) is 5.69 Å². The fraction of sp³-hybridized carbons (Fsp3) is 0.385. The topological polar surface area (TPSA) is 46.9 Å². The van der Waals surface area contributed by atoms with Crippen molar-refractivity contribution < 1.29 is 0 Å². The number of hydrogen-bond acceptors (Lipinski definition) is 3. The van der Waals surface area contributed by atoms with Gasteiger partial charge in [0, 0.05) is 18.8 Å². The van der Waals surface area contributed by atoms with Gasteiger partial charge in [0.05, 0.1) is 20.8 Å². The summed E-state index contributed by atoms with van der Waals surface area (Å²) in [5.41, 5.74) is 1.69. The molecule has 0 aromatic carbocycles. The Hall–Kier alpha value is -1.11. The number of aryl methyl sites for hydroxylation is 1. The first-order valence-corrected chi connectivity index (χ1v) is 7.06. The molecule has 0 amide bonds. The fourth-order valence-electron chi connectivity index (χ4n) is 1.89. The molecule has 2 aromatic heterocycles. The molecular weight excluding hydrogens is 341 g/mol. The minimum atomic E-state index is 0.0511. The molecule has 0 radical (unpaired) electrons. The molecule has 0 saturated carbocycles. The molecule has 0 aliphatic heterocycles. The summed E-state index contributed by atoms with van der Waals surface area (Å²) >= 11 is 2.08. The van der Waals surface area contributed by atoms with Crippen molar-refractivity contribution >= 4 is 39.3 Å². The van der Waals surface area contributed by atoms with Gasteiger partial charge in [0.1, 0.15) is 5.65 Å². The molecule has 0 aliphatic rings. The summed E-state index contributed by atoms with van der Waals surface area (Å²) < 4.78 is 2.72. The van der Waals surface area contributed by atoms with Gasteiger partial charge < -0.3 is 9.88 Å².